The number of H-pyrrole nitrogens is 1. The van der Waals surface area contributed by atoms with Gasteiger partial charge in [0.15, 0.2) is 10.4 Å². The molecule has 6 heteroatoms. The minimum absolute atomic E-state index is 0.0988. The molecule has 0 fully saturated rings. The van der Waals surface area contributed by atoms with Crippen LogP contribution in [0.15, 0.2) is 12.1 Å². The number of hydrogen-bond acceptors (Lipinski definition) is 4. The van der Waals surface area contributed by atoms with Crippen molar-refractivity contribution in [3.63, 3.8) is 0 Å². The first-order valence-corrected chi connectivity index (χ1v) is 7.01. The number of aromatic nitrogens is 3. The van der Waals surface area contributed by atoms with E-state index in [0.717, 1.165) is 24.3 Å². The van der Waals surface area contributed by atoms with Gasteiger partial charge in [0.2, 0.25) is 5.88 Å². The molecule has 0 aromatic carbocycles. The van der Waals surface area contributed by atoms with E-state index in [1.165, 1.54) is 0 Å². The molecule has 2 rings (SSSR count). The summed E-state index contributed by atoms with van der Waals surface area (Å²) in [7, 11) is 5.78. The van der Waals surface area contributed by atoms with Crippen LogP contribution in [-0.2, 0) is 6.54 Å². The van der Waals surface area contributed by atoms with Crippen molar-refractivity contribution in [2.75, 3.05) is 27.7 Å². The van der Waals surface area contributed by atoms with Gasteiger partial charge in [-0.2, -0.15) is 4.98 Å². The van der Waals surface area contributed by atoms with E-state index < -0.39 is 0 Å². The van der Waals surface area contributed by atoms with Crippen molar-refractivity contribution in [1.29, 1.82) is 0 Å². The van der Waals surface area contributed by atoms with Gasteiger partial charge in [0.1, 0.15) is 0 Å². The number of rotatable bonds is 5. The van der Waals surface area contributed by atoms with E-state index in [4.69, 9.17) is 17.0 Å². The van der Waals surface area contributed by atoms with Crippen molar-refractivity contribution in [3.05, 3.63) is 16.9 Å². The van der Waals surface area contributed by atoms with Gasteiger partial charge < -0.3 is 19.2 Å². The molecule has 2 heterocycles. The number of methoxy groups -OCH3 is 1. The van der Waals surface area contributed by atoms with Gasteiger partial charge in [-0.3, -0.25) is 0 Å². The Kier molecular flexibility index (Phi) is 4.15. The lowest BCUT2D eigenvalue weighted by atomic mass is 9.93. The fourth-order valence-electron chi connectivity index (χ4n) is 2.61. The van der Waals surface area contributed by atoms with Crippen LogP contribution < -0.4 is 4.74 Å². The van der Waals surface area contributed by atoms with Crippen LogP contribution in [0.5, 0.6) is 5.88 Å². The molecule has 0 saturated carbocycles. The topological polar surface area (TPSA) is 46.1 Å². The highest BCUT2D eigenvalue weighted by molar-refractivity contribution is 7.71. The Hall–Kier alpha value is -1.40. The molecule has 0 atom stereocenters. The van der Waals surface area contributed by atoms with Crippen LogP contribution in [0, 0.1) is 10.2 Å². The molecule has 1 N–H and O–H groups in total. The van der Waals surface area contributed by atoms with E-state index in [-0.39, 0.29) is 5.41 Å². The van der Waals surface area contributed by atoms with Crippen molar-refractivity contribution in [2.45, 2.75) is 20.4 Å². The summed E-state index contributed by atoms with van der Waals surface area (Å²) in [6, 6.07) is 3.79. The number of pyridine rings is 1. The van der Waals surface area contributed by atoms with Crippen LogP contribution in [0.25, 0.3) is 11.2 Å². The summed E-state index contributed by atoms with van der Waals surface area (Å²) >= 11 is 5.43. The molecule has 0 spiro atoms. The van der Waals surface area contributed by atoms with Crippen LogP contribution in [0.2, 0.25) is 0 Å². The normalized spacial score (nSPS) is 12.3. The van der Waals surface area contributed by atoms with Gasteiger partial charge in [-0.1, -0.05) is 13.8 Å². The molecule has 0 saturated heterocycles. The first-order valence-electron chi connectivity index (χ1n) is 6.61. The zero-order valence-corrected chi connectivity index (χ0v) is 13.5. The molecular weight excluding hydrogens is 272 g/mol. The molecule has 110 valence electrons. The molecule has 0 unspecified atom stereocenters. The van der Waals surface area contributed by atoms with Crippen LogP contribution >= 0.6 is 12.2 Å². The van der Waals surface area contributed by atoms with Gasteiger partial charge in [-0.25, -0.2) is 0 Å². The molecule has 0 aliphatic heterocycles. The lowest BCUT2D eigenvalue weighted by Gasteiger charge is -2.28. The third kappa shape index (κ3) is 3.19. The van der Waals surface area contributed by atoms with E-state index in [1.807, 2.05) is 12.1 Å². The van der Waals surface area contributed by atoms with Crippen LogP contribution in [-0.4, -0.2) is 47.2 Å². The summed E-state index contributed by atoms with van der Waals surface area (Å²) in [5.41, 5.74) is 1.89. The molecule has 0 bridgehead atoms. The van der Waals surface area contributed by atoms with Crippen molar-refractivity contribution in [1.82, 2.24) is 19.4 Å². The summed E-state index contributed by atoms with van der Waals surface area (Å²) in [4.78, 5) is 9.89. The van der Waals surface area contributed by atoms with E-state index in [1.54, 1.807) is 7.11 Å². The highest BCUT2D eigenvalue weighted by Crippen LogP contribution is 2.23. The van der Waals surface area contributed by atoms with Crippen LogP contribution in [0.3, 0.4) is 0 Å². The number of nitrogens with zero attached hydrogens (tertiary/aromatic N) is 3. The predicted molar refractivity (Wildman–Crippen MR) is 83.8 cm³/mol. The molecule has 0 aliphatic rings. The van der Waals surface area contributed by atoms with Crippen molar-refractivity contribution in [2.24, 2.45) is 5.41 Å². The Morgan fingerprint density at radius 3 is 2.70 bits per heavy atom. The lowest BCUT2D eigenvalue weighted by Crippen LogP contribution is -2.32. The third-order valence-electron chi connectivity index (χ3n) is 3.13. The second kappa shape index (κ2) is 5.54. The molecule has 5 nitrogen and oxygen atoms in total. The number of hydrogen-bond donors (Lipinski definition) is 1. The molecule has 0 radical (unpaired) electrons. The van der Waals surface area contributed by atoms with Crippen LogP contribution in [0.1, 0.15) is 13.8 Å². The highest BCUT2D eigenvalue weighted by atomic mass is 32.1. The van der Waals surface area contributed by atoms with E-state index in [2.05, 4.69) is 47.4 Å². The van der Waals surface area contributed by atoms with Crippen molar-refractivity contribution < 1.29 is 4.74 Å². The average Bonchev–Trinajstić information content (AvgIpc) is 2.63. The van der Waals surface area contributed by atoms with Gasteiger partial charge in [0, 0.05) is 19.2 Å². The van der Waals surface area contributed by atoms with Gasteiger partial charge in [0.25, 0.3) is 0 Å². The largest absolute Gasteiger partial charge is 0.481 e. The van der Waals surface area contributed by atoms with Gasteiger partial charge >= 0.3 is 0 Å². The smallest absolute Gasteiger partial charge is 0.215 e. The Morgan fingerprint density at radius 1 is 1.40 bits per heavy atom. The standard InChI is InChI=1S/C14H22N4OS/c1-14(2,8-17(3)4)9-18-12-10(15-13(18)20)6-7-11(16-12)19-5/h6-7H,8-9H2,1-5H3,(H,15,20). The second-order valence-electron chi connectivity index (χ2n) is 6.14. The summed E-state index contributed by atoms with van der Waals surface area (Å²) in [6.07, 6.45) is 0. The lowest BCUT2D eigenvalue weighted by molar-refractivity contribution is 0.212. The molecular formula is C14H22N4OS. The maximum atomic E-state index is 5.43. The monoisotopic (exact) mass is 294 g/mol. The minimum atomic E-state index is 0.0988. The van der Waals surface area contributed by atoms with E-state index >= 15 is 0 Å². The van der Waals surface area contributed by atoms with Crippen molar-refractivity contribution >= 4 is 23.4 Å². The van der Waals surface area contributed by atoms with Crippen LogP contribution in [0.4, 0.5) is 0 Å². The first-order chi connectivity index (χ1) is 9.32. The van der Waals surface area contributed by atoms with E-state index in [0.29, 0.717) is 10.7 Å². The molecule has 0 aliphatic carbocycles. The number of imidazole rings is 1. The Bertz CT molecular complexity index is 657. The summed E-state index contributed by atoms with van der Waals surface area (Å²) < 4.78 is 7.95. The molecule has 20 heavy (non-hydrogen) atoms. The van der Waals surface area contributed by atoms with E-state index in [9.17, 15) is 0 Å². The number of ether oxygens (including phenoxy) is 1. The minimum Gasteiger partial charge on any atom is -0.481 e. The number of nitrogens with one attached hydrogen (secondary N) is 1. The van der Waals surface area contributed by atoms with Gasteiger partial charge in [0.05, 0.1) is 12.6 Å². The number of aromatic amines is 1. The fourth-order valence-corrected chi connectivity index (χ4v) is 2.87. The SMILES string of the molecule is COc1ccc2[nH]c(=S)n(CC(C)(C)CN(C)C)c2n1. The quantitative estimate of drug-likeness (QED) is 0.861. The molecule has 2 aromatic rings. The maximum Gasteiger partial charge on any atom is 0.215 e. The van der Waals surface area contributed by atoms with Gasteiger partial charge in [-0.15, -0.1) is 0 Å². The zero-order valence-electron chi connectivity index (χ0n) is 12.7. The number of fused-ring (bicyclic) bond motifs is 1. The predicted octanol–water partition coefficient (Wildman–Crippen LogP) is 2.69. The fraction of sp³-hybridized carbons (Fsp3) is 0.571. The zero-order chi connectivity index (χ0) is 14.9. The Labute approximate surface area is 124 Å². The Balaban J connectivity index is 2.43. The average molecular weight is 294 g/mol. The third-order valence-corrected chi connectivity index (χ3v) is 3.45. The summed E-state index contributed by atoms with van der Waals surface area (Å²) in [5, 5.41) is 0. The first kappa shape index (κ1) is 15.0. The maximum absolute atomic E-state index is 5.43. The Morgan fingerprint density at radius 2 is 2.10 bits per heavy atom. The summed E-state index contributed by atoms with van der Waals surface area (Å²) in [5.74, 6) is 0.602. The molecule has 0 amide bonds. The van der Waals surface area contributed by atoms with Crippen molar-refractivity contribution in [3.8, 4) is 5.88 Å². The molecule has 2 aromatic heterocycles. The summed E-state index contributed by atoms with van der Waals surface area (Å²) in [6.45, 7) is 6.25. The van der Waals surface area contributed by atoms with Gasteiger partial charge in [-0.05, 0) is 37.8 Å². The highest BCUT2D eigenvalue weighted by Gasteiger charge is 2.21. The second-order valence-corrected chi connectivity index (χ2v) is 6.53.